The van der Waals surface area contributed by atoms with Crippen molar-refractivity contribution in [2.24, 2.45) is 5.41 Å². The SMILES string of the molecule is CC(CCNCC1(CO)CCCC1)c1ccccc1. The summed E-state index contributed by atoms with van der Waals surface area (Å²) in [4.78, 5) is 0. The molecule has 1 aromatic carbocycles. The number of benzene rings is 1. The van der Waals surface area contributed by atoms with Gasteiger partial charge in [-0.2, -0.15) is 0 Å². The maximum absolute atomic E-state index is 9.56. The van der Waals surface area contributed by atoms with Crippen molar-refractivity contribution in [3.8, 4) is 0 Å². The second kappa shape index (κ2) is 7.06. The number of nitrogens with one attached hydrogen (secondary N) is 1. The summed E-state index contributed by atoms with van der Waals surface area (Å²) >= 11 is 0. The van der Waals surface area contributed by atoms with Crippen LogP contribution >= 0.6 is 0 Å². The second-order valence-electron chi connectivity index (χ2n) is 6.14. The van der Waals surface area contributed by atoms with E-state index in [4.69, 9.17) is 0 Å². The van der Waals surface area contributed by atoms with Gasteiger partial charge in [0.15, 0.2) is 0 Å². The van der Waals surface area contributed by atoms with E-state index in [1.54, 1.807) is 0 Å². The van der Waals surface area contributed by atoms with Crippen molar-refractivity contribution in [3.63, 3.8) is 0 Å². The average molecular weight is 261 g/mol. The molecule has 0 aromatic heterocycles. The molecule has 2 rings (SSSR count). The highest BCUT2D eigenvalue weighted by Crippen LogP contribution is 2.36. The van der Waals surface area contributed by atoms with E-state index in [1.165, 1.54) is 31.2 Å². The molecule has 1 atom stereocenters. The summed E-state index contributed by atoms with van der Waals surface area (Å²) in [5, 5.41) is 13.1. The molecule has 0 aliphatic heterocycles. The van der Waals surface area contributed by atoms with E-state index in [1.807, 2.05) is 0 Å². The molecule has 1 saturated carbocycles. The molecular formula is C17H27NO. The first-order valence-corrected chi connectivity index (χ1v) is 7.62. The smallest absolute Gasteiger partial charge is 0.0499 e. The Morgan fingerprint density at radius 2 is 1.89 bits per heavy atom. The minimum absolute atomic E-state index is 0.177. The van der Waals surface area contributed by atoms with Crippen molar-refractivity contribution in [1.82, 2.24) is 5.32 Å². The number of aliphatic hydroxyl groups is 1. The molecular weight excluding hydrogens is 234 g/mol. The van der Waals surface area contributed by atoms with Crippen molar-refractivity contribution in [3.05, 3.63) is 35.9 Å². The Bertz CT molecular complexity index is 357. The summed E-state index contributed by atoms with van der Waals surface area (Å²) in [5.41, 5.74) is 1.60. The largest absolute Gasteiger partial charge is 0.396 e. The summed E-state index contributed by atoms with van der Waals surface area (Å²) in [6.45, 7) is 4.64. The van der Waals surface area contributed by atoms with E-state index in [2.05, 4.69) is 42.6 Å². The predicted molar refractivity (Wildman–Crippen MR) is 80.3 cm³/mol. The number of hydrogen-bond acceptors (Lipinski definition) is 2. The standard InChI is InChI=1S/C17H27NO/c1-15(16-7-3-2-4-8-16)9-12-18-13-17(14-19)10-5-6-11-17/h2-4,7-8,15,18-19H,5-6,9-14H2,1H3. The predicted octanol–water partition coefficient (Wildman–Crippen LogP) is 3.32. The molecule has 106 valence electrons. The summed E-state index contributed by atoms with van der Waals surface area (Å²) in [6, 6.07) is 10.7. The fourth-order valence-corrected chi connectivity index (χ4v) is 3.14. The highest BCUT2D eigenvalue weighted by molar-refractivity contribution is 5.18. The van der Waals surface area contributed by atoms with Gasteiger partial charge in [0.25, 0.3) is 0 Å². The quantitative estimate of drug-likeness (QED) is 0.738. The van der Waals surface area contributed by atoms with Gasteiger partial charge >= 0.3 is 0 Å². The van der Waals surface area contributed by atoms with Crippen LogP contribution in [-0.2, 0) is 0 Å². The fourth-order valence-electron chi connectivity index (χ4n) is 3.14. The first kappa shape index (κ1) is 14.5. The van der Waals surface area contributed by atoms with Gasteiger partial charge in [-0.05, 0) is 37.3 Å². The van der Waals surface area contributed by atoms with Crippen LogP contribution in [0.25, 0.3) is 0 Å². The Balaban J connectivity index is 1.69. The minimum atomic E-state index is 0.177. The molecule has 1 unspecified atom stereocenters. The van der Waals surface area contributed by atoms with Gasteiger partial charge in [0.2, 0.25) is 0 Å². The van der Waals surface area contributed by atoms with Crippen LogP contribution in [0.4, 0.5) is 0 Å². The van der Waals surface area contributed by atoms with Crippen LogP contribution in [0.3, 0.4) is 0 Å². The van der Waals surface area contributed by atoms with Crippen molar-refractivity contribution in [2.75, 3.05) is 19.7 Å². The molecule has 1 aliphatic carbocycles. The maximum atomic E-state index is 9.56. The van der Waals surface area contributed by atoms with Gasteiger partial charge in [0.05, 0.1) is 0 Å². The first-order valence-electron chi connectivity index (χ1n) is 7.62. The van der Waals surface area contributed by atoms with Gasteiger partial charge in [-0.25, -0.2) is 0 Å². The van der Waals surface area contributed by atoms with Crippen molar-refractivity contribution >= 4 is 0 Å². The molecule has 0 amide bonds. The topological polar surface area (TPSA) is 32.3 Å². The Morgan fingerprint density at radius 3 is 2.53 bits per heavy atom. The van der Waals surface area contributed by atoms with Crippen LogP contribution in [0.1, 0.15) is 50.5 Å². The summed E-state index contributed by atoms with van der Waals surface area (Å²) < 4.78 is 0. The average Bonchev–Trinajstić information content (AvgIpc) is 2.94. The molecule has 0 radical (unpaired) electrons. The van der Waals surface area contributed by atoms with E-state index in [0.717, 1.165) is 19.5 Å². The van der Waals surface area contributed by atoms with Gasteiger partial charge in [-0.1, -0.05) is 50.1 Å². The van der Waals surface area contributed by atoms with Gasteiger partial charge in [0.1, 0.15) is 0 Å². The van der Waals surface area contributed by atoms with Crippen molar-refractivity contribution < 1.29 is 5.11 Å². The Kier molecular flexibility index (Phi) is 5.41. The number of aliphatic hydroxyl groups excluding tert-OH is 1. The minimum Gasteiger partial charge on any atom is -0.396 e. The fraction of sp³-hybridized carbons (Fsp3) is 0.647. The zero-order chi connectivity index (χ0) is 13.6. The third kappa shape index (κ3) is 4.05. The zero-order valence-corrected chi connectivity index (χ0v) is 12.1. The number of rotatable bonds is 7. The molecule has 0 saturated heterocycles. The van der Waals surface area contributed by atoms with E-state index >= 15 is 0 Å². The van der Waals surface area contributed by atoms with Gasteiger partial charge in [-0.15, -0.1) is 0 Å². The Labute approximate surface area is 117 Å². The molecule has 1 aromatic rings. The van der Waals surface area contributed by atoms with Crippen molar-refractivity contribution in [2.45, 2.75) is 44.9 Å². The first-order chi connectivity index (χ1) is 9.26. The van der Waals surface area contributed by atoms with Crippen LogP contribution in [0, 0.1) is 5.41 Å². The lowest BCUT2D eigenvalue weighted by atomic mass is 9.87. The van der Waals surface area contributed by atoms with Crippen LogP contribution in [0.5, 0.6) is 0 Å². The van der Waals surface area contributed by atoms with E-state index in [-0.39, 0.29) is 5.41 Å². The molecule has 0 heterocycles. The third-order valence-corrected chi connectivity index (χ3v) is 4.62. The van der Waals surface area contributed by atoms with Crippen LogP contribution in [0.2, 0.25) is 0 Å². The normalized spacial score (nSPS) is 19.5. The molecule has 2 nitrogen and oxygen atoms in total. The molecule has 2 heteroatoms. The van der Waals surface area contributed by atoms with E-state index < -0.39 is 0 Å². The Hall–Kier alpha value is -0.860. The lowest BCUT2D eigenvalue weighted by molar-refractivity contribution is 0.128. The van der Waals surface area contributed by atoms with Gasteiger partial charge in [0, 0.05) is 18.6 Å². The molecule has 2 N–H and O–H groups in total. The summed E-state index contributed by atoms with van der Waals surface area (Å²) in [6.07, 6.45) is 6.09. The third-order valence-electron chi connectivity index (χ3n) is 4.62. The van der Waals surface area contributed by atoms with Crippen LogP contribution in [0.15, 0.2) is 30.3 Å². The van der Waals surface area contributed by atoms with Gasteiger partial charge < -0.3 is 10.4 Å². The molecule has 0 bridgehead atoms. The number of hydrogen-bond donors (Lipinski definition) is 2. The van der Waals surface area contributed by atoms with E-state index in [9.17, 15) is 5.11 Å². The molecule has 1 aliphatic rings. The Morgan fingerprint density at radius 1 is 1.21 bits per heavy atom. The monoisotopic (exact) mass is 261 g/mol. The highest BCUT2D eigenvalue weighted by atomic mass is 16.3. The maximum Gasteiger partial charge on any atom is 0.0499 e. The highest BCUT2D eigenvalue weighted by Gasteiger charge is 2.32. The lowest BCUT2D eigenvalue weighted by Crippen LogP contribution is -2.35. The van der Waals surface area contributed by atoms with Crippen molar-refractivity contribution in [1.29, 1.82) is 0 Å². The zero-order valence-electron chi connectivity index (χ0n) is 12.1. The van der Waals surface area contributed by atoms with Crippen LogP contribution < -0.4 is 5.32 Å². The molecule has 1 fully saturated rings. The lowest BCUT2D eigenvalue weighted by Gasteiger charge is -2.27. The van der Waals surface area contributed by atoms with Gasteiger partial charge in [-0.3, -0.25) is 0 Å². The van der Waals surface area contributed by atoms with E-state index in [0.29, 0.717) is 12.5 Å². The summed E-state index contributed by atoms with van der Waals surface area (Å²) in [7, 11) is 0. The molecule has 19 heavy (non-hydrogen) atoms. The summed E-state index contributed by atoms with van der Waals surface area (Å²) in [5.74, 6) is 0.599. The van der Waals surface area contributed by atoms with Crippen LogP contribution in [-0.4, -0.2) is 24.8 Å². The molecule has 0 spiro atoms. The second-order valence-corrected chi connectivity index (χ2v) is 6.14.